The first-order valence-corrected chi connectivity index (χ1v) is 6.88. The second kappa shape index (κ2) is 6.52. The number of benzene rings is 1. The molecule has 1 heterocycles. The van der Waals surface area contributed by atoms with Crippen molar-refractivity contribution in [3.63, 3.8) is 0 Å². The molecule has 1 amide bonds. The molecule has 0 aliphatic carbocycles. The largest absolute Gasteiger partial charge is 0.464 e. The van der Waals surface area contributed by atoms with Crippen molar-refractivity contribution in [1.82, 2.24) is 10.2 Å². The van der Waals surface area contributed by atoms with E-state index in [0.717, 1.165) is 5.56 Å². The van der Waals surface area contributed by atoms with E-state index in [1.54, 1.807) is 24.0 Å². The fraction of sp³-hybridized carbons (Fsp3) is 0.467. The summed E-state index contributed by atoms with van der Waals surface area (Å²) in [4.78, 5) is 26.1. The number of nitrogens with one attached hydrogen (secondary N) is 1. The zero-order chi connectivity index (χ0) is 14.5. The average molecular weight is 276 g/mol. The Morgan fingerprint density at radius 2 is 2.05 bits per heavy atom. The van der Waals surface area contributed by atoms with Crippen LogP contribution in [-0.2, 0) is 9.53 Å². The molecular formula is C15H20N2O3. The summed E-state index contributed by atoms with van der Waals surface area (Å²) in [5.41, 5.74) is 1.70. The van der Waals surface area contributed by atoms with Crippen molar-refractivity contribution >= 4 is 11.9 Å². The fourth-order valence-corrected chi connectivity index (χ4v) is 2.26. The highest BCUT2D eigenvalue weighted by Gasteiger charge is 2.33. The van der Waals surface area contributed by atoms with Crippen LogP contribution in [0.3, 0.4) is 0 Å². The summed E-state index contributed by atoms with van der Waals surface area (Å²) in [6.45, 7) is 5.70. The van der Waals surface area contributed by atoms with Gasteiger partial charge in [-0.1, -0.05) is 17.7 Å². The highest BCUT2D eigenvalue weighted by molar-refractivity contribution is 5.97. The zero-order valence-electron chi connectivity index (χ0n) is 11.9. The lowest BCUT2D eigenvalue weighted by Gasteiger charge is -2.34. The smallest absolute Gasteiger partial charge is 0.330 e. The third kappa shape index (κ3) is 3.17. The van der Waals surface area contributed by atoms with Crippen LogP contribution in [0.4, 0.5) is 0 Å². The SMILES string of the molecule is CCOC(=O)C1CNCCN1C(=O)c1ccc(C)cc1. The van der Waals surface area contributed by atoms with Gasteiger partial charge < -0.3 is 15.0 Å². The number of carbonyl (C=O) groups is 2. The fourth-order valence-electron chi connectivity index (χ4n) is 2.26. The Morgan fingerprint density at radius 1 is 1.35 bits per heavy atom. The normalized spacial score (nSPS) is 18.7. The molecule has 0 radical (unpaired) electrons. The lowest BCUT2D eigenvalue weighted by atomic mass is 10.1. The number of aryl methyl sites for hydroxylation is 1. The van der Waals surface area contributed by atoms with Crippen LogP contribution < -0.4 is 5.32 Å². The lowest BCUT2D eigenvalue weighted by molar-refractivity contribution is -0.149. The summed E-state index contributed by atoms with van der Waals surface area (Å²) >= 11 is 0. The van der Waals surface area contributed by atoms with Crippen LogP contribution in [0.15, 0.2) is 24.3 Å². The highest BCUT2D eigenvalue weighted by atomic mass is 16.5. The van der Waals surface area contributed by atoms with E-state index in [2.05, 4.69) is 5.32 Å². The molecule has 1 N–H and O–H groups in total. The van der Waals surface area contributed by atoms with Crippen LogP contribution in [0.1, 0.15) is 22.8 Å². The molecule has 0 aromatic heterocycles. The molecule has 1 atom stereocenters. The minimum Gasteiger partial charge on any atom is -0.464 e. The van der Waals surface area contributed by atoms with E-state index in [9.17, 15) is 9.59 Å². The van der Waals surface area contributed by atoms with Crippen LogP contribution >= 0.6 is 0 Å². The minimum absolute atomic E-state index is 0.121. The number of piperazine rings is 1. The molecule has 20 heavy (non-hydrogen) atoms. The van der Waals surface area contributed by atoms with E-state index < -0.39 is 6.04 Å². The van der Waals surface area contributed by atoms with Gasteiger partial charge >= 0.3 is 5.97 Å². The number of carbonyl (C=O) groups excluding carboxylic acids is 2. The van der Waals surface area contributed by atoms with Gasteiger partial charge in [0, 0.05) is 25.2 Å². The summed E-state index contributed by atoms with van der Waals surface area (Å²) in [5, 5.41) is 3.12. The number of rotatable bonds is 3. The first-order valence-electron chi connectivity index (χ1n) is 6.88. The molecule has 108 valence electrons. The Hall–Kier alpha value is -1.88. The van der Waals surface area contributed by atoms with Crippen LogP contribution in [0.5, 0.6) is 0 Å². The Morgan fingerprint density at radius 3 is 2.70 bits per heavy atom. The van der Waals surface area contributed by atoms with Crippen LogP contribution in [0, 0.1) is 6.92 Å². The van der Waals surface area contributed by atoms with E-state index in [-0.39, 0.29) is 11.9 Å². The Balaban J connectivity index is 2.16. The maximum absolute atomic E-state index is 12.5. The predicted molar refractivity (Wildman–Crippen MR) is 75.5 cm³/mol. The predicted octanol–water partition coefficient (Wildman–Crippen LogP) is 0.972. The number of hydrogen-bond acceptors (Lipinski definition) is 4. The molecule has 1 aromatic rings. The van der Waals surface area contributed by atoms with Gasteiger partial charge in [-0.3, -0.25) is 4.79 Å². The molecule has 1 fully saturated rings. The van der Waals surface area contributed by atoms with E-state index in [4.69, 9.17) is 4.74 Å². The van der Waals surface area contributed by atoms with Gasteiger partial charge in [-0.25, -0.2) is 4.79 Å². The Labute approximate surface area is 118 Å². The lowest BCUT2D eigenvalue weighted by Crippen LogP contribution is -2.57. The second-order valence-corrected chi connectivity index (χ2v) is 4.84. The van der Waals surface area contributed by atoms with Gasteiger partial charge in [0.2, 0.25) is 0 Å². The van der Waals surface area contributed by atoms with Crippen LogP contribution in [0.2, 0.25) is 0 Å². The number of nitrogens with zero attached hydrogens (tertiary/aromatic N) is 1. The highest BCUT2D eigenvalue weighted by Crippen LogP contribution is 2.13. The number of ether oxygens (including phenoxy) is 1. The number of hydrogen-bond donors (Lipinski definition) is 1. The molecule has 5 nitrogen and oxygen atoms in total. The summed E-state index contributed by atoms with van der Waals surface area (Å²) in [7, 11) is 0. The molecule has 0 spiro atoms. The molecule has 0 saturated carbocycles. The molecule has 1 aliphatic heterocycles. The summed E-state index contributed by atoms with van der Waals surface area (Å²) < 4.78 is 5.04. The molecule has 1 saturated heterocycles. The van der Waals surface area contributed by atoms with Crippen molar-refractivity contribution in [2.45, 2.75) is 19.9 Å². The van der Waals surface area contributed by atoms with E-state index in [1.165, 1.54) is 0 Å². The third-order valence-corrected chi connectivity index (χ3v) is 3.36. The van der Waals surface area contributed by atoms with Crippen molar-refractivity contribution < 1.29 is 14.3 Å². The number of esters is 1. The second-order valence-electron chi connectivity index (χ2n) is 4.84. The zero-order valence-corrected chi connectivity index (χ0v) is 11.9. The van der Waals surface area contributed by atoms with Crippen molar-refractivity contribution in [3.8, 4) is 0 Å². The summed E-state index contributed by atoms with van der Waals surface area (Å²) in [5.74, 6) is -0.468. The summed E-state index contributed by atoms with van der Waals surface area (Å²) in [6.07, 6.45) is 0. The molecule has 0 bridgehead atoms. The molecule has 1 aromatic carbocycles. The Bertz CT molecular complexity index is 484. The van der Waals surface area contributed by atoms with Gasteiger partial charge in [-0.2, -0.15) is 0 Å². The average Bonchev–Trinajstić information content (AvgIpc) is 2.47. The molecule has 1 unspecified atom stereocenters. The minimum atomic E-state index is -0.544. The number of amides is 1. The van der Waals surface area contributed by atoms with Gasteiger partial charge in [0.25, 0.3) is 5.91 Å². The van der Waals surface area contributed by atoms with E-state index in [0.29, 0.717) is 31.8 Å². The van der Waals surface area contributed by atoms with Gasteiger partial charge in [0.1, 0.15) is 6.04 Å². The van der Waals surface area contributed by atoms with Crippen LogP contribution in [0.25, 0.3) is 0 Å². The van der Waals surface area contributed by atoms with Crippen molar-refractivity contribution in [2.24, 2.45) is 0 Å². The first-order chi connectivity index (χ1) is 9.63. The maximum Gasteiger partial charge on any atom is 0.330 e. The van der Waals surface area contributed by atoms with Gasteiger partial charge in [0.15, 0.2) is 0 Å². The first kappa shape index (κ1) is 14.5. The quantitative estimate of drug-likeness (QED) is 0.836. The standard InChI is InChI=1S/C15H20N2O3/c1-3-20-15(19)13-10-16-8-9-17(13)14(18)12-6-4-11(2)5-7-12/h4-7,13,16H,3,8-10H2,1-2H3. The molecule has 2 rings (SSSR count). The van der Waals surface area contributed by atoms with Crippen LogP contribution in [-0.4, -0.2) is 49.1 Å². The van der Waals surface area contributed by atoms with Crippen molar-refractivity contribution in [1.29, 1.82) is 0 Å². The molecule has 1 aliphatic rings. The third-order valence-electron chi connectivity index (χ3n) is 3.36. The molecular weight excluding hydrogens is 256 g/mol. The molecule has 5 heteroatoms. The van der Waals surface area contributed by atoms with Gasteiger partial charge in [-0.15, -0.1) is 0 Å². The van der Waals surface area contributed by atoms with E-state index in [1.807, 2.05) is 19.1 Å². The maximum atomic E-state index is 12.5. The summed E-state index contributed by atoms with van der Waals surface area (Å²) in [6, 6.07) is 6.84. The van der Waals surface area contributed by atoms with Crippen molar-refractivity contribution in [2.75, 3.05) is 26.2 Å². The van der Waals surface area contributed by atoms with E-state index >= 15 is 0 Å². The monoisotopic (exact) mass is 276 g/mol. The Kier molecular flexibility index (Phi) is 4.74. The van der Waals surface area contributed by atoms with Gasteiger partial charge in [0.05, 0.1) is 6.61 Å². The van der Waals surface area contributed by atoms with Crippen molar-refractivity contribution in [3.05, 3.63) is 35.4 Å². The van der Waals surface area contributed by atoms with Gasteiger partial charge in [-0.05, 0) is 26.0 Å². The topological polar surface area (TPSA) is 58.6 Å².